The summed E-state index contributed by atoms with van der Waals surface area (Å²) in [7, 11) is 2.21. The van der Waals surface area contributed by atoms with Crippen LogP contribution in [0.5, 0.6) is 0 Å². The first-order valence-electron chi connectivity index (χ1n) is 6.64. The third-order valence-electron chi connectivity index (χ3n) is 3.53. The molecule has 1 aliphatic heterocycles. The van der Waals surface area contributed by atoms with Gasteiger partial charge in [-0.25, -0.2) is 4.98 Å². The summed E-state index contributed by atoms with van der Waals surface area (Å²) in [4.78, 5) is 6.69. The molecular weight excluding hydrogens is 214 g/mol. The molecule has 4 heteroatoms. The minimum Gasteiger partial charge on any atom is -0.444 e. The predicted octanol–water partition coefficient (Wildman–Crippen LogP) is 1.81. The summed E-state index contributed by atoms with van der Waals surface area (Å²) in [5.41, 5.74) is 0. The largest absolute Gasteiger partial charge is 0.444 e. The molecule has 96 valence electrons. The second kappa shape index (κ2) is 6.17. The van der Waals surface area contributed by atoms with Crippen molar-refractivity contribution < 1.29 is 4.42 Å². The highest BCUT2D eigenvalue weighted by Gasteiger charge is 2.18. The molecule has 1 saturated heterocycles. The molecule has 1 N–H and O–H groups in total. The number of hydrogen-bond acceptors (Lipinski definition) is 4. The molecule has 1 unspecified atom stereocenters. The summed E-state index contributed by atoms with van der Waals surface area (Å²) in [5, 5.41) is 3.44. The van der Waals surface area contributed by atoms with Crippen molar-refractivity contribution in [2.75, 3.05) is 20.1 Å². The Labute approximate surface area is 103 Å². The maximum absolute atomic E-state index is 5.56. The van der Waals surface area contributed by atoms with Crippen molar-refractivity contribution >= 4 is 0 Å². The summed E-state index contributed by atoms with van der Waals surface area (Å²) in [5.74, 6) is 1.77. The van der Waals surface area contributed by atoms with E-state index in [-0.39, 0.29) is 0 Å². The molecule has 1 atom stereocenters. The number of piperidine rings is 1. The van der Waals surface area contributed by atoms with Gasteiger partial charge in [-0.3, -0.25) is 0 Å². The molecule has 0 saturated carbocycles. The Morgan fingerprint density at radius 3 is 3.12 bits per heavy atom. The van der Waals surface area contributed by atoms with Crippen LogP contribution in [0, 0.1) is 0 Å². The van der Waals surface area contributed by atoms with Gasteiger partial charge in [0.05, 0.1) is 12.7 Å². The number of likely N-dealkylation sites (tertiary alicyclic amines) is 1. The molecule has 4 nitrogen and oxygen atoms in total. The second-order valence-corrected chi connectivity index (χ2v) is 4.83. The molecule has 0 radical (unpaired) electrons. The molecule has 0 amide bonds. The molecule has 0 aliphatic carbocycles. The third kappa shape index (κ3) is 3.54. The van der Waals surface area contributed by atoms with Gasteiger partial charge in [-0.15, -0.1) is 0 Å². The van der Waals surface area contributed by atoms with Crippen LogP contribution in [0.15, 0.2) is 10.6 Å². The van der Waals surface area contributed by atoms with Crippen LogP contribution < -0.4 is 5.32 Å². The monoisotopic (exact) mass is 237 g/mol. The maximum atomic E-state index is 5.56. The van der Waals surface area contributed by atoms with Crippen molar-refractivity contribution in [1.82, 2.24) is 15.2 Å². The predicted molar refractivity (Wildman–Crippen MR) is 67.9 cm³/mol. The number of hydrogen-bond donors (Lipinski definition) is 1. The number of aryl methyl sites for hydroxylation is 1. The Morgan fingerprint density at radius 2 is 2.41 bits per heavy atom. The summed E-state index contributed by atoms with van der Waals surface area (Å²) < 4.78 is 5.56. The molecule has 0 spiro atoms. The fourth-order valence-electron chi connectivity index (χ4n) is 2.34. The topological polar surface area (TPSA) is 41.3 Å². The minimum absolute atomic E-state index is 0.671. The van der Waals surface area contributed by atoms with Crippen molar-refractivity contribution in [3.8, 4) is 0 Å². The lowest BCUT2D eigenvalue weighted by Crippen LogP contribution is -2.42. The molecule has 1 aromatic rings. The average Bonchev–Trinajstić information content (AvgIpc) is 2.80. The molecule has 2 rings (SSSR count). The van der Waals surface area contributed by atoms with Crippen molar-refractivity contribution in [2.45, 2.75) is 45.2 Å². The van der Waals surface area contributed by atoms with Gasteiger partial charge in [0.2, 0.25) is 5.89 Å². The van der Waals surface area contributed by atoms with Gasteiger partial charge in [0, 0.05) is 19.0 Å². The highest BCUT2D eigenvalue weighted by Crippen LogP contribution is 2.14. The minimum atomic E-state index is 0.671. The fraction of sp³-hybridized carbons (Fsp3) is 0.769. The van der Waals surface area contributed by atoms with Crippen LogP contribution in [0.1, 0.15) is 37.8 Å². The lowest BCUT2D eigenvalue weighted by molar-refractivity contribution is 0.180. The van der Waals surface area contributed by atoms with E-state index in [1.807, 2.05) is 6.20 Å². The lowest BCUT2D eigenvalue weighted by atomic mass is 10.0. The first-order chi connectivity index (χ1) is 8.29. The summed E-state index contributed by atoms with van der Waals surface area (Å²) in [6, 6.07) is 0.671. The molecule has 1 fully saturated rings. The van der Waals surface area contributed by atoms with E-state index in [4.69, 9.17) is 4.42 Å². The van der Waals surface area contributed by atoms with E-state index in [1.54, 1.807) is 0 Å². The van der Waals surface area contributed by atoms with Gasteiger partial charge < -0.3 is 14.6 Å². The van der Waals surface area contributed by atoms with E-state index >= 15 is 0 Å². The molecule has 1 aromatic heterocycles. The Kier molecular flexibility index (Phi) is 4.57. The molecule has 0 aromatic carbocycles. The number of aromatic nitrogens is 1. The highest BCUT2D eigenvalue weighted by molar-refractivity contribution is 4.93. The third-order valence-corrected chi connectivity index (χ3v) is 3.53. The Hall–Kier alpha value is -0.870. The lowest BCUT2D eigenvalue weighted by Gasteiger charge is -2.32. The van der Waals surface area contributed by atoms with Crippen LogP contribution >= 0.6 is 0 Å². The first kappa shape index (κ1) is 12.6. The molecular formula is C13H23N3O. The normalized spacial score (nSPS) is 21.9. The van der Waals surface area contributed by atoms with Crippen LogP contribution in [-0.4, -0.2) is 36.1 Å². The van der Waals surface area contributed by atoms with Gasteiger partial charge in [0.15, 0.2) is 0 Å². The molecule has 0 bridgehead atoms. The van der Waals surface area contributed by atoms with Crippen LogP contribution in [0.2, 0.25) is 0 Å². The standard InChI is InChI=1S/C13H23N3O/c1-3-12-9-15-13(17-12)10-14-8-11-6-4-5-7-16(11)2/h9,11,14H,3-8,10H2,1-2H3. The van der Waals surface area contributed by atoms with Crippen LogP contribution in [-0.2, 0) is 13.0 Å². The SMILES string of the molecule is CCc1cnc(CNCC2CCCCN2C)o1. The van der Waals surface area contributed by atoms with Gasteiger partial charge in [0.25, 0.3) is 0 Å². The zero-order valence-corrected chi connectivity index (χ0v) is 10.9. The van der Waals surface area contributed by atoms with E-state index in [1.165, 1.54) is 25.8 Å². The van der Waals surface area contributed by atoms with E-state index in [2.05, 4.69) is 29.2 Å². The van der Waals surface area contributed by atoms with Crippen LogP contribution in [0.4, 0.5) is 0 Å². The Morgan fingerprint density at radius 1 is 1.53 bits per heavy atom. The summed E-state index contributed by atoms with van der Waals surface area (Å²) >= 11 is 0. The van der Waals surface area contributed by atoms with Gasteiger partial charge in [0.1, 0.15) is 5.76 Å². The van der Waals surface area contributed by atoms with Gasteiger partial charge in [-0.2, -0.15) is 0 Å². The summed E-state index contributed by atoms with van der Waals surface area (Å²) in [6.45, 7) is 5.07. The smallest absolute Gasteiger partial charge is 0.208 e. The van der Waals surface area contributed by atoms with Gasteiger partial charge in [-0.05, 0) is 26.4 Å². The van der Waals surface area contributed by atoms with E-state index in [0.717, 1.165) is 31.2 Å². The molecule has 2 heterocycles. The van der Waals surface area contributed by atoms with E-state index in [9.17, 15) is 0 Å². The summed E-state index contributed by atoms with van der Waals surface area (Å²) in [6.07, 6.45) is 6.74. The zero-order valence-electron chi connectivity index (χ0n) is 10.9. The quantitative estimate of drug-likeness (QED) is 0.848. The van der Waals surface area contributed by atoms with Gasteiger partial charge in [-0.1, -0.05) is 13.3 Å². The number of likely N-dealkylation sites (N-methyl/N-ethyl adjacent to an activating group) is 1. The Bertz CT molecular complexity index is 337. The number of rotatable bonds is 5. The second-order valence-electron chi connectivity index (χ2n) is 4.83. The zero-order chi connectivity index (χ0) is 12.1. The number of nitrogens with zero attached hydrogens (tertiary/aromatic N) is 2. The number of nitrogens with one attached hydrogen (secondary N) is 1. The molecule has 17 heavy (non-hydrogen) atoms. The van der Waals surface area contributed by atoms with Gasteiger partial charge >= 0.3 is 0 Å². The maximum Gasteiger partial charge on any atom is 0.208 e. The average molecular weight is 237 g/mol. The first-order valence-corrected chi connectivity index (χ1v) is 6.64. The number of oxazole rings is 1. The van der Waals surface area contributed by atoms with E-state index < -0.39 is 0 Å². The van der Waals surface area contributed by atoms with Crippen LogP contribution in [0.25, 0.3) is 0 Å². The van der Waals surface area contributed by atoms with Crippen molar-refractivity contribution in [3.05, 3.63) is 17.8 Å². The van der Waals surface area contributed by atoms with Crippen molar-refractivity contribution in [2.24, 2.45) is 0 Å². The van der Waals surface area contributed by atoms with Crippen LogP contribution in [0.3, 0.4) is 0 Å². The van der Waals surface area contributed by atoms with E-state index in [0.29, 0.717) is 6.04 Å². The Balaban J connectivity index is 1.71. The van der Waals surface area contributed by atoms with Crippen molar-refractivity contribution in [1.29, 1.82) is 0 Å². The highest BCUT2D eigenvalue weighted by atomic mass is 16.4. The van der Waals surface area contributed by atoms with Crippen molar-refractivity contribution in [3.63, 3.8) is 0 Å². The molecule has 1 aliphatic rings. The fourth-order valence-corrected chi connectivity index (χ4v) is 2.34.